The molecule has 0 aliphatic heterocycles. The lowest BCUT2D eigenvalue weighted by Gasteiger charge is -2.72. The maximum absolute atomic E-state index is 15.2. The molecule has 1 aromatic carbocycles. The van der Waals surface area contributed by atoms with Gasteiger partial charge in [0, 0.05) is 35.9 Å². The van der Waals surface area contributed by atoms with E-state index in [9.17, 15) is 19.2 Å². The second kappa shape index (κ2) is 15.5. The molecule has 5 saturated carbocycles. The van der Waals surface area contributed by atoms with Crippen molar-refractivity contribution in [3.63, 3.8) is 0 Å². The molecule has 0 saturated heterocycles. The number of aromatic amines is 1. The predicted octanol–water partition coefficient (Wildman–Crippen LogP) is 8.71. The first-order valence-corrected chi connectivity index (χ1v) is 22.2. The monoisotopic (exact) mass is 812 g/mol. The molecular weight excluding hydrogens is 745 g/mol. The summed E-state index contributed by atoms with van der Waals surface area (Å²) in [6, 6.07) is 7.22. The fraction of sp³-hybridized carbons (Fsp3) is 0.694. The van der Waals surface area contributed by atoms with Crippen molar-refractivity contribution < 1.29 is 38.2 Å². The second-order valence-electron chi connectivity index (χ2n) is 20.4. The fourth-order valence-electron chi connectivity index (χ4n) is 15.0. The summed E-state index contributed by atoms with van der Waals surface area (Å²) in [6.07, 6.45) is 10.4. The number of aromatic nitrogens is 1. The van der Waals surface area contributed by atoms with Crippen LogP contribution < -0.4 is 5.32 Å². The molecule has 0 bridgehead atoms. The van der Waals surface area contributed by atoms with Gasteiger partial charge in [-0.3, -0.25) is 19.2 Å². The van der Waals surface area contributed by atoms with Crippen molar-refractivity contribution in [3.05, 3.63) is 48.2 Å². The third-order valence-electron chi connectivity index (χ3n) is 18.0. The van der Waals surface area contributed by atoms with Gasteiger partial charge in [-0.05, 0) is 149 Å². The smallest absolute Gasteiger partial charge is 0.328 e. The normalized spacial score (nSPS) is 38.3. The van der Waals surface area contributed by atoms with Crippen LogP contribution >= 0.6 is 0 Å². The number of carbonyl (C=O) groups excluding carboxylic acids is 5. The highest BCUT2D eigenvalue weighted by Crippen LogP contribution is 2.78. The van der Waals surface area contributed by atoms with E-state index in [1.54, 1.807) is 6.92 Å². The number of allylic oxidation sites excluding steroid dienone is 1. The fourth-order valence-corrected chi connectivity index (χ4v) is 15.0. The van der Waals surface area contributed by atoms with E-state index >= 15 is 4.79 Å². The van der Waals surface area contributed by atoms with Gasteiger partial charge in [0.25, 0.3) is 0 Å². The van der Waals surface area contributed by atoms with Gasteiger partial charge in [0.15, 0.2) is 0 Å². The standard InChI is InChI=1S/C49H68N2O8/c1-28(2)33-17-22-49(39(53)26-31(43(55)58-10)25-32-27-50-36-14-12-11-13-34(32)36)24-23-46(6)35(41(33)49)15-16-37-45(5)20-19-40(59-30(4)52)48(8,38(45)18-21-47(37,46)7)44(56)51-29(3)42(54)57-9/h11-14,27,29,31,33,35,37-38,40-41,50H,1,15-26H2,2-10H3,(H,51,56)/t29-,31+,33-,35+,37+,38+,40+,41+,45+,46+,47+,48-,49+/m0/s1. The summed E-state index contributed by atoms with van der Waals surface area (Å²) in [7, 11) is 2.73. The first kappa shape index (κ1) is 43.1. The van der Waals surface area contributed by atoms with Crippen molar-refractivity contribution in [1.29, 1.82) is 0 Å². The first-order chi connectivity index (χ1) is 27.8. The molecule has 1 heterocycles. The number of Topliss-reactive ketones (excluding diaryl/α,β-unsaturated/α-hetero) is 1. The summed E-state index contributed by atoms with van der Waals surface area (Å²) in [5.74, 6) is -1.04. The topological polar surface area (TPSA) is 141 Å². The zero-order chi connectivity index (χ0) is 42.9. The van der Waals surface area contributed by atoms with Crippen LogP contribution in [0.5, 0.6) is 0 Å². The Balaban J connectivity index is 1.20. The number of hydrogen-bond donors (Lipinski definition) is 2. The lowest BCUT2D eigenvalue weighted by Crippen LogP contribution is -2.69. The third-order valence-corrected chi connectivity index (χ3v) is 18.0. The van der Waals surface area contributed by atoms with Crippen molar-refractivity contribution in [2.45, 2.75) is 138 Å². The second-order valence-corrected chi connectivity index (χ2v) is 20.4. The third kappa shape index (κ3) is 6.59. The SMILES string of the molecule is C=C(C)[C@@H]1CC[C@]2(C(=O)C[C@@H](Cc3c[nH]c4ccccc34)C(=O)OC)CC[C@]3(C)[C@H](CC[C@@H]4[C@@]5(C)CC[C@@H](OC(C)=O)[C@@](C)(C(=O)N[C@@H](C)C(=O)OC)[C@@H]5CC[C@]43C)[C@@H]12. The average Bonchev–Trinajstić information content (AvgIpc) is 3.81. The molecule has 10 nitrogen and oxygen atoms in total. The highest BCUT2D eigenvalue weighted by atomic mass is 16.5. The maximum Gasteiger partial charge on any atom is 0.328 e. The number of methoxy groups -OCH3 is 2. The Morgan fingerprint density at radius 3 is 2.24 bits per heavy atom. The molecule has 5 aliphatic carbocycles. The predicted molar refractivity (Wildman–Crippen MR) is 226 cm³/mol. The van der Waals surface area contributed by atoms with Gasteiger partial charge in [0.05, 0.1) is 25.6 Å². The Morgan fingerprint density at radius 2 is 1.56 bits per heavy atom. The summed E-state index contributed by atoms with van der Waals surface area (Å²) in [6.45, 7) is 19.1. The Morgan fingerprint density at radius 1 is 0.847 bits per heavy atom. The molecule has 0 radical (unpaired) electrons. The minimum absolute atomic E-state index is 0.0759. The van der Waals surface area contributed by atoms with Crippen LogP contribution in [0.25, 0.3) is 10.9 Å². The Hall–Kier alpha value is -3.95. The summed E-state index contributed by atoms with van der Waals surface area (Å²) in [5.41, 5.74) is 1.21. The van der Waals surface area contributed by atoms with E-state index in [0.29, 0.717) is 24.7 Å². The van der Waals surface area contributed by atoms with Crippen molar-refractivity contribution in [3.8, 4) is 0 Å². The van der Waals surface area contributed by atoms with Crippen LogP contribution in [0.2, 0.25) is 0 Å². The van der Waals surface area contributed by atoms with Crippen molar-refractivity contribution in [1.82, 2.24) is 10.3 Å². The van der Waals surface area contributed by atoms with Gasteiger partial charge in [-0.15, -0.1) is 0 Å². The van der Waals surface area contributed by atoms with Crippen molar-refractivity contribution in [2.24, 2.45) is 62.6 Å². The summed E-state index contributed by atoms with van der Waals surface area (Å²) in [4.78, 5) is 71.5. The minimum Gasteiger partial charge on any atom is -0.469 e. The van der Waals surface area contributed by atoms with E-state index in [1.807, 2.05) is 31.3 Å². The van der Waals surface area contributed by atoms with E-state index in [-0.39, 0.29) is 58.1 Å². The van der Waals surface area contributed by atoms with Gasteiger partial charge in [-0.1, -0.05) is 51.1 Å². The van der Waals surface area contributed by atoms with E-state index in [0.717, 1.165) is 79.8 Å². The molecule has 7 rings (SSSR count). The maximum atomic E-state index is 15.2. The average molecular weight is 813 g/mol. The van der Waals surface area contributed by atoms with Gasteiger partial charge < -0.3 is 24.5 Å². The van der Waals surface area contributed by atoms with Gasteiger partial charge >= 0.3 is 17.9 Å². The van der Waals surface area contributed by atoms with E-state index in [2.05, 4.69) is 50.6 Å². The summed E-state index contributed by atoms with van der Waals surface area (Å²) in [5, 5.41) is 4.01. The Labute approximate surface area is 350 Å². The zero-order valence-electron chi connectivity index (χ0n) is 37.0. The molecule has 322 valence electrons. The quantitative estimate of drug-likeness (QED) is 0.131. The Bertz CT molecular complexity index is 2020. The van der Waals surface area contributed by atoms with Crippen LogP contribution in [0.1, 0.15) is 125 Å². The zero-order valence-corrected chi connectivity index (χ0v) is 37.0. The molecule has 2 aromatic rings. The number of ether oxygens (including phenoxy) is 3. The Kier molecular flexibility index (Phi) is 11.3. The highest BCUT2D eigenvalue weighted by molar-refractivity contribution is 5.91. The lowest BCUT2D eigenvalue weighted by atomic mass is 9.32. The molecule has 0 unspecified atom stereocenters. The number of rotatable bonds is 11. The first-order valence-electron chi connectivity index (χ1n) is 22.2. The lowest BCUT2D eigenvalue weighted by molar-refractivity contribution is -0.248. The molecule has 13 atom stereocenters. The van der Waals surface area contributed by atoms with Crippen LogP contribution in [0, 0.1) is 62.6 Å². The van der Waals surface area contributed by atoms with Crippen LogP contribution in [0.15, 0.2) is 42.6 Å². The van der Waals surface area contributed by atoms with Gasteiger partial charge in [-0.2, -0.15) is 0 Å². The van der Waals surface area contributed by atoms with Crippen molar-refractivity contribution in [2.75, 3.05) is 14.2 Å². The van der Waals surface area contributed by atoms with Crippen LogP contribution in [0.4, 0.5) is 0 Å². The van der Waals surface area contributed by atoms with Gasteiger partial charge in [0.2, 0.25) is 5.91 Å². The molecule has 1 amide bonds. The molecule has 5 aliphatic rings. The number of carbonyl (C=O) groups is 5. The number of fused-ring (bicyclic) bond motifs is 8. The molecule has 0 spiro atoms. The highest BCUT2D eigenvalue weighted by Gasteiger charge is 2.73. The summed E-state index contributed by atoms with van der Waals surface area (Å²) < 4.78 is 16.3. The number of amides is 1. The van der Waals surface area contributed by atoms with E-state index < -0.39 is 40.8 Å². The van der Waals surface area contributed by atoms with Crippen LogP contribution in [-0.4, -0.2) is 60.9 Å². The number of para-hydroxylation sites is 1. The largest absolute Gasteiger partial charge is 0.469 e. The molecule has 10 heteroatoms. The number of hydrogen-bond acceptors (Lipinski definition) is 8. The number of benzene rings is 1. The van der Waals surface area contributed by atoms with E-state index in [1.165, 1.54) is 21.1 Å². The number of esters is 3. The minimum atomic E-state index is -1.05. The van der Waals surface area contributed by atoms with Crippen LogP contribution in [0.3, 0.4) is 0 Å². The van der Waals surface area contributed by atoms with Gasteiger partial charge in [-0.25, -0.2) is 4.79 Å². The van der Waals surface area contributed by atoms with Gasteiger partial charge in [0.1, 0.15) is 17.9 Å². The molecule has 2 N–H and O–H groups in total. The van der Waals surface area contributed by atoms with E-state index in [4.69, 9.17) is 14.2 Å². The van der Waals surface area contributed by atoms with Crippen molar-refractivity contribution >= 4 is 40.5 Å². The van der Waals surface area contributed by atoms with Crippen LogP contribution in [-0.2, 0) is 44.6 Å². The molecule has 5 fully saturated rings. The molecule has 59 heavy (non-hydrogen) atoms. The number of nitrogens with one attached hydrogen (secondary N) is 2. The summed E-state index contributed by atoms with van der Waals surface area (Å²) >= 11 is 0. The number of ketones is 1. The number of H-pyrrole nitrogens is 1. The molecule has 1 aromatic heterocycles. The molecular formula is C49H68N2O8.